The number of hydrogen-bond donors (Lipinski definition) is 2. The lowest BCUT2D eigenvalue weighted by atomic mass is 9.93. The van der Waals surface area contributed by atoms with Gasteiger partial charge in [0.15, 0.2) is 6.54 Å². The van der Waals surface area contributed by atoms with E-state index in [1.165, 1.54) is 11.1 Å². The van der Waals surface area contributed by atoms with E-state index < -0.39 is 0 Å². The van der Waals surface area contributed by atoms with Crippen LogP contribution in [0.1, 0.15) is 50.8 Å². The van der Waals surface area contributed by atoms with E-state index >= 15 is 0 Å². The Morgan fingerprint density at radius 3 is 2.24 bits per heavy atom. The van der Waals surface area contributed by atoms with Crippen molar-refractivity contribution in [1.29, 1.82) is 0 Å². The molecule has 0 saturated heterocycles. The Bertz CT molecular complexity index is 483. The molecule has 114 valence electrons. The molecule has 0 radical (unpaired) electrons. The Labute approximate surface area is 128 Å². The third kappa shape index (κ3) is 5.61. The van der Waals surface area contributed by atoms with E-state index in [0.29, 0.717) is 24.9 Å². The topological polar surface area (TPSA) is 45.7 Å². The maximum Gasteiger partial charge on any atom is 0.275 e. The molecule has 1 rings (SSSR count). The largest absolute Gasteiger partial charge is 0.340 e. The average molecular weight is 287 g/mol. The van der Waals surface area contributed by atoms with E-state index in [1.807, 2.05) is 0 Å². The van der Waals surface area contributed by atoms with Gasteiger partial charge < -0.3 is 10.6 Å². The maximum absolute atomic E-state index is 11.7. The molecule has 1 amide bonds. The highest BCUT2D eigenvalue weighted by Crippen LogP contribution is 2.21. The van der Waals surface area contributed by atoms with Crippen LogP contribution < -0.4 is 10.6 Å². The molecule has 0 aliphatic heterocycles. The fourth-order valence-electron chi connectivity index (χ4n) is 2.35. The first-order valence-electron chi connectivity index (χ1n) is 7.59. The number of carbonyl (C=O) groups excluding carboxylic acids is 1. The summed E-state index contributed by atoms with van der Waals surface area (Å²) in [4.78, 5) is 11.7. The zero-order valence-electron chi connectivity index (χ0n) is 13.5. The number of terminal acetylenes is 1. The predicted molar refractivity (Wildman–Crippen MR) is 86.7 cm³/mol. The van der Waals surface area contributed by atoms with Crippen molar-refractivity contribution in [2.75, 3.05) is 13.1 Å². The lowest BCUT2D eigenvalue weighted by Crippen LogP contribution is -2.88. The summed E-state index contributed by atoms with van der Waals surface area (Å²) in [6, 6.07) is 9.00. The van der Waals surface area contributed by atoms with Gasteiger partial charge in [0, 0.05) is 11.5 Å². The van der Waals surface area contributed by atoms with E-state index in [2.05, 4.69) is 68.5 Å². The number of carbonyl (C=O) groups is 1. The van der Waals surface area contributed by atoms with Crippen molar-refractivity contribution < 1.29 is 10.1 Å². The molecule has 0 unspecified atom stereocenters. The van der Waals surface area contributed by atoms with Crippen LogP contribution in [0.5, 0.6) is 0 Å². The van der Waals surface area contributed by atoms with Crippen LogP contribution in [0.2, 0.25) is 0 Å². The molecule has 1 aromatic rings. The number of amides is 1. The number of quaternary nitrogens is 1. The van der Waals surface area contributed by atoms with Crippen molar-refractivity contribution in [3.63, 3.8) is 0 Å². The Morgan fingerprint density at radius 1 is 1.19 bits per heavy atom. The smallest absolute Gasteiger partial charge is 0.275 e. The van der Waals surface area contributed by atoms with Gasteiger partial charge >= 0.3 is 0 Å². The van der Waals surface area contributed by atoms with Gasteiger partial charge in [-0.25, -0.2) is 0 Å². The second-order valence-electron chi connectivity index (χ2n) is 6.01. The molecule has 3 heteroatoms. The second-order valence-corrected chi connectivity index (χ2v) is 6.01. The zero-order chi connectivity index (χ0) is 15.8. The molecule has 1 atom stereocenters. The Kier molecular flexibility index (Phi) is 6.98. The van der Waals surface area contributed by atoms with Gasteiger partial charge in [-0.15, -0.1) is 6.42 Å². The molecule has 0 aliphatic rings. The van der Waals surface area contributed by atoms with Gasteiger partial charge in [0.1, 0.15) is 6.04 Å². The first kappa shape index (κ1) is 17.3. The number of rotatable bonds is 7. The van der Waals surface area contributed by atoms with Crippen molar-refractivity contribution in [3.8, 4) is 12.3 Å². The first-order valence-corrected chi connectivity index (χ1v) is 7.59. The molecule has 0 heterocycles. The molecular weight excluding hydrogens is 260 g/mol. The lowest BCUT2D eigenvalue weighted by Gasteiger charge is -2.20. The number of nitrogens with two attached hydrogens (primary N) is 1. The fourth-order valence-corrected chi connectivity index (χ4v) is 2.35. The first-order chi connectivity index (χ1) is 9.95. The van der Waals surface area contributed by atoms with Crippen molar-refractivity contribution in [3.05, 3.63) is 35.4 Å². The van der Waals surface area contributed by atoms with Gasteiger partial charge in [-0.2, -0.15) is 0 Å². The monoisotopic (exact) mass is 287 g/mol. The predicted octanol–water partition coefficient (Wildman–Crippen LogP) is 1.82. The number of hydrogen-bond acceptors (Lipinski definition) is 1. The molecule has 0 spiro atoms. The molecular formula is C18H27N2O+. The summed E-state index contributed by atoms with van der Waals surface area (Å²) in [7, 11) is 0. The standard InChI is InChI=1S/C18H26N2O/c1-6-11-19-17(21)12-20-18(14(4)5)16-9-7-15(8-10-16)13(2)3/h1,7-10,13-14,18,20H,11-12H2,2-5H3,(H,19,21)/p+1/t18-/m0/s1. The third-order valence-electron chi connectivity index (χ3n) is 3.65. The van der Waals surface area contributed by atoms with Crippen molar-refractivity contribution in [2.45, 2.75) is 39.7 Å². The highest BCUT2D eigenvalue weighted by atomic mass is 16.1. The summed E-state index contributed by atoms with van der Waals surface area (Å²) >= 11 is 0. The molecule has 21 heavy (non-hydrogen) atoms. The van der Waals surface area contributed by atoms with Gasteiger partial charge in [0.05, 0.1) is 6.54 Å². The third-order valence-corrected chi connectivity index (χ3v) is 3.65. The SMILES string of the molecule is C#CCNC(=O)C[NH2+][C@H](c1ccc(C(C)C)cc1)C(C)C. The van der Waals surface area contributed by atoms with E-state index in [9.17, 15) is 4.79 Å². The van der Waals surface area contributed by atoms with Crippen LogP contribution in [-0.4, -0.2) is 19.0 Å². The molecule has 1 aromatic carbocycles. The lowest BCUT2D eigenvalue weighted by molar-refractivity contribution is -0.692. The van der Waals surface area contributed by atoms with E-state index in [-0.39, 0.29) is 11.9 Å². The summed E-state index contributed by atoms with van der Waals surface area (Å²) in [5.41, 5.74) is 2.60. The van der Waals surface area contributed by atoms with Crippen molar-refractivity contribution in [1.82, 2.24) is 5.32 Å². The molecule has 0 bridgehead atoms. The Hall–Kier alpha value is -1.79. The van der Waals surface area contributed by atoms with Gasteiger partial charge in [0.2, 0.25) is 0 Å². The normalized spacial score (nSPS) is 12.2. The van der Waals surface area contributed by atoms with Crippen molar-refractivity contribution >= 4 is 5.91 Å². The maximum atomic E-state index is 11.7. The average Bonchev–Trinajstić information content (AvgIpc) is 2.45. The quantitative estimate of drug-likeness (QED) is 0.738. The Morgan fingerprint density at radius 2 is 1.76 bits per heavy atom. The summed E-state index contributed by atoms with van der Waals surface area (Å²) in [5, 5.41) is 4.78. The van der Waals surface area contributed by atoms with Crippen LogP contribution in [0.25, 0.3) is 0 Å². The van der Waals surface area contributed by atoms with Crippen LogP contribution in [0.4, 0.5) is 0 Å². The van der Waals surface area contributed by atoms with E-state index in [1.54, 1.807) is 0 Å². The van der Waals surface area contributed by atoms with Crippen LogP contribution in [0.3, 0.4) is 0 Å². The van der Waals surface area contributed by atoms with Crippen LogP contribution in [0.15, 0.2) is 24.3 Å². The van der Waals surface area contributed by atoms with E-state index in [4.69, 9.17) is 6.42 Å². The summed E-state index contributed by atoms with van der Waals surface area (Å²) in [6.45, 7) is 9.43. The molecule has 3 N–H and O–H groups in total. The fraction of sp³-hybridized carbons (Fsp3) is 0.500. The summed E-state index contributed by atoms with van der Waals surface area (Å²) in [5.74, 6) is 3.39. The second kappa shape index (κ2) is 8.49. The minimum Gasteiger partial charge on any atom is -0.340 e. The van der Waals surface area contributed by atoms with Gasteiger partial charge in [-0.3, -0.25) is 4.79 Å². The minimum absolute atomic E-state index is 0.0163. The molecule has 0 aliphatic carbocycles. The molecule has 0 saturated carbocycles. The molecule has 3 nitrogen and oxygen atoms in total. The highest BCUT2D eigenvalue weighted by Gasteiger charge is 2.20. The van der Waals surface area contributed by atoms with Gasteiger partial charge in [-0.1, -0.05) is 57.9 Å². The minimum atomic E-state index is -0.0163. The number of benzene rings is 1. The summed E-state index contributed by atoms with van der Waals surface area (Å²) in [6.07, 6.45) is 5.14. The summed E-state index contributed by atoms with van der Waals surface area (Å²) < 4.78 is 0. The van der Waals surface area contributed by atoms with Crippen LogP contribution >= 0.6 is 0 Å². The van der Waals surface area contributed by atoms with Crippen LogP contribution in [0, 0.1) is 18.3 Å². The van der Waals surface area contributed by atoms with Gasteiger partial charge in [0.25, 0.3) is 5.91 Å². The number of nitrogens with one attached hydrogen (secondary N) is 1. The van der Waals surface area contributed by atoms with Crippen LogP contribution in [-0.2, 0) is 4.79 Å². The van der Waals surface area contributed by atoms with Crippen molar-refractivity contribution in [2.24, 2.45) is 5.92 Å². The van der Waals surface area contributed by atoms with Gasteiger partial charge in [-0.05, 0) is 11.5 Å². The van der Waals surface area contributed by atoms with E-state index in [0.717, 1.165) is 0 Å². The molecule has 0 aromatic heterocycles. The Balaban J connectivity index is 2.69. The highest BCUT2D eigenvalue weighted by molar-refractivity contribution is 5.76. The zero-order valence-corrected chi connectivity index (χ0v) is 13.5. The molecule has 0 fully saturated rings.